The third-order valence-corrected chi connectivity index (χ3v) is 8.10. The fraction of sp³-hybridized carbons (Fsp3) is 0.424. The van der Waals surface area contributed by atoms with Gasteiger partial charge in [0.1, 0.15) is 12.1 Å². The van der Waals surface area contributed by atoms with Crippen LogP contribution in [-0.4, -0.2) is 63.2 Å². The van der Waals surface area contributed by atoms with E-state index in [1.54, 1.807) is 29.2 Å². The second-order valence-electron chi connectivity index (χ2n) is 12.0. The zero-order valence-corrected chi connectivity index (χ0v) is 25.6. The SMILES string of the molecule is CCn1c(CN2C(=O)c3ccccc3C2=O)[n+](CC)c2ccc(/C(C=N)=C/NC3CCN(C(=O)OC(C)(C)C)CC3)cc21. The maximum absolute atomic E-state index is 13.1. The number of hydrogen-bond acceptors (Lipinski definition) is 6. The van der Waals surface area contributed by atoms with Gasteiger partial charge in [0, 0.05) is 37.1 Å². The zero-order valence-electron chi connectivity index (χ0n) is 25.6. The summed E-state index contributed by atoms with van der Waals surface area (Å²) in [6, 6.07) is 13.3. The Morgan fingerprint density at radius 3 is 2.28 bits per heavy atom. The van der Waals surface area contributed by atoms with Gasteiger partial charge in [0.25, 0.3) is 17.6 Å². The number of fused-ring (bicyclic) bond motifs is 2. The van der Waals surface area contributed by atoms with Crippen LogP contribution in [0.4, 0.5) is 4.79 Å². The van der Waals surface area contributed by atoms with Crippen molar-refractivity contribution in [3.8, 4) is 0 Å². The van der Waals surface area contributed by atoms with Crippen molar-refractivity contribution in [2.75, 3.05) is 13.1 Å². The summed E-state index contributed by atoms with van der Waals surface area (Å²) in [5, 5.41) is 11.6. The Morgan fingerprint density at radius 2 is 1.72 bits per heavy atom. The average molecular weight is 586 g/mol. The molecule has 2 aliphatic rings. The van der Waals surface area contributed by atoms with Crippen LogP contribution in [0.5, 0.6) is 0 Å². The molecule has 5 rings (SSSR count). The van der Waals surface area contributed by atoms with E-state index in [0.717, 1.165) is 40.8 Å². The molecule has 0 spiro atoms. The maximum atomic E-state index is 13.1. The maximum Gasteiger partial charge on any atom is 0.410 e. The van der Waals surface area contributed by atoms with E-state index in [4.69, 9.17) is 10.1 Å². The van der Waals surface area contributed by atoms with E-state index in [-0.39, 0.29) is 30.5 Å². The number of rotatable bonds is 8. The first-order chi connectivity index (χ1) is 20.6. The monoisotopic (exact) mass is 585 g/mol. The molecule has 0 radical (unpaired) electrons. The Morgan fingerprint density at radius 1 is 1.07 bits per heavy atom. The van der Waals surface area contributed by atoms with Gasteiger partial charge in [0.2, 0.25) is 0 Å². The molecule has 3 heterocycles. The van der Waals surface area contributed by atoms with Gasteiger partial charge in [-0.1, -0.05) is 12.1 Å². The predicted octanol–water partition coefficient (Wildman–Crippen LogP) is 4.74. The molecule has 3 amide bonds. The molecule has 226 valence electrons. The minimum absolute atomic E-state index is 0.175. The van der Waals surface area contributed by atoms with Crippen LogP contribution in [-0.2, 0) is 24.4 Å². The van der Waals surface area contributed by atoms with Crippen molar-refractivity contribution in [2.24, 2.45) is 0 Å². The van der Waals surface area contributed by atoms with Crippen molar-refractivity contribution in [2.45, 2.75) is 78.7 Å². The zero-order chi connectivity index (χ0) is 30.9. The number of aromatic nitrogens is 2. The summed E-state index contributed by atoms with van der Waals surface area (Å²) >= 11 is 0. The van der Waals surface area contributed by atoms with Gasteiger partial charge in [-0.05, 0) is 83.4 Å². The number of amides is 3. The molecule has 2 aliphatic heterocycles. The van der Waals surface area contributed by atoms with Gasteiger partial charge in [-0.3, -0.25) is 14.5 Å². The molecule has 0 aliphatic carbocycles. The molecular formula is C33H41N6O4+. The number of allylic oxidation sites excluding steroid dienone is 1. The lowest BCUT2D eigenvalue weighted by Crippen LogP contribution is -2.45. The van der Waals surface area contributed by atoms with Gasteiger partial charge in [-0.25, -0.2) is 13.9 Å². The van der Waals surface area contributed by atoms with Crippen molar-refractivity contribution >= 4 is 40.7 Å². The number of aryl methyl sites for hydroxylation is 2. The number of carbonyl (C=O) groups excluding carboxylic acids is 3. The van der Waals surface area contributed by atoms with Crippen LogP contribution in [0.1, 0.15) is 79.6 Å². The van der Waals surface area contributed by atoms with E-state index < -0.39 is 5.60 Å². The predicted molar refractivity (Wildman–Crippen MR) is 165 cm³/mol. The lowest BCUT2D eigenvalue weighted by atomic mass is 10.0. The molecule has 3 aromatic rings. The third kappa shape index (κ3) is 5.91. The highest BCUT2D eigenvalue weighted by molar-refractivity contribution is 6.21. The second-order valence-corrected chi connectivity index (χ2v) is 12.0. The number of imide groups is 1. The summed E-state index contributed by atoms with van der Waals surface area (Å²) in [6.07, 6.45) is 4.53. The van der Waals surface area contributed by atoms with E-state index in [1.165, 1.54) is 11.1 Å². The van der Waals surface area contributed by atoms with Gasteiger partial charge in [0.15, 0.2) is 11.0 Å². The lowest BCUT2D eigenvalue weighted by molar-refractivity contribution is -0.677. The number of piperidine rings is 1. The van der Waals surface area contributed by atoms with Crippen LogP contribution >= 0.6 is 0 Å². The van der Waals surface area contributed by atoms with Crippen molar-refractivity contribution in [1.82, 2.24) is 19.7 Å². The normalized spacial score (nSPS) is 16.2. The Labute approximate surface area is 252 Å². The molecule has 1 saturated heterocycles. The minimum Gasteiger partial charge on any atom is -0.444 e. The number of ether oxygens (including phenoxy) is 1. The topological polar surface area (TPSA) is 112 Å². The Bertz CT molecular complexity index is 1570. The summed E-state index contributed by atoms with van der Waals surface area (Å²) in [6.45, 7) is 12.5. The van der Waals surface area contributed by atoms with Crippen molar-refractivity contribution in [3.63, 3.8) is 0 Å². The second kappa shape index (κ2) is 12.0. The molecule has 0 saturated carbocycles. The summed E-state index contributed by atoms with van der Waals surface area (Å²) < 4.78 is 9.80. The van der Waals surface area contributed by atoms with Crippen molar-refractivity contribution in [3.05, 3.63) is 71.2 Å². The Kier molecular flexibility index (Phi) is 8.39. The molecule has 10 nitrogen and oxygen atoms in total. The summed E-state index contributed by atoms with van der Waals surface area (Å²) in [5.41, 5.74) is 3.99. The van der Waals surface area contributed by atoms with E-state index in [9.17, 15) is 14.4 Å². The van der Waals surface area contributed by atoms with Crippen LogP contribution in [0, 0.1) is 5.41 Å². The highest BCUT2D eigenvalue weighted by Crippen LogP contribution is 2.26. The Balaban J connectivity index is 1.36. The number of hydrogen-bond donors (Lipinski definition) is 2. The fourth-order valence-electron chi connectivity index (χ4n) is 5.94. The average Bonchev–Trinajstić information content (AvgIpc) is 3.42. The van der Waals surface area contributed by atoms with E-state index >= 15 is 0 Å². The first-order valence-electron chi connectivity index (χ1n) is 15.0. The van der Waals surface area contributed by atoms with Gasteiger partial charge in [-0.15, -0.1) is 0 Å². The van der Waals surface area contributed by atoms with Crippen LogP contribution in [0.15, 0.2) is 48.7 Å². The van der Waals surface area contributed by atoms with Crippen molar-refractivity contribution < 1.29 is 23.7 Å². The molecule has 0 bridgehead atoms. The summed E-state index contributed by atoms with van der Waals surface area (Å²) in [4.78, 5) is 41.8. The van der Waals surface area contributed by atoms with Gasteiger partial charge >= 0.3 is 6.09 Å². The first kappa shape index (κ1) is 30.0. The van der Waals surface area contributed by atoms with E-state index in [2.05, 4.69) is 34.4 Å². The molecular weight excluding hydrogens is 544 g/mol. The molecule has 2 aromatic carbocycles. The highest BCUT2D eigenvalue weighted by atomic mass is 16.6. The molecule has 1 fully saturated rings. The third-order valence-electron chi connectivity index (χ3n) is 8.10. The minimum atomic E-state index is -0.515. The van der Waals surface area contributed by atoms with Crippen LogP contribution < -0.4 is 9.88 Å². The molecule has 43 heavy (non-hydrogen) atoms. The van der Waals surface area contributed by atoms with Crippen LogP contribution in [0.3, 0.4) is 0 Å². The molecule has 1 aromatic heterocycles. The number of nitrogens with one attached hydrogen (secondary N) is 2. The molecule has 2 N–H and O–H groups in total. The van der Waals surface area contributed by atoms with E-state index in [0.29, 0.717) is 37.3 Å². The van der Waals surface area contributed by atoms with Crippen LogP contribution in [0.2, 0.25) is 0 Å². The molecule has 0 atom stereocenters. The summed E-state index contributed by atoms with van der Waals surface area (Å²) in [7, 11) is 0. The number of nitrogens with zero attached hydrogens (tertiary/aromatic N) is 4. The van der Waals surface area contributed by atoms with Crippen molar-refractivity contribution in [1.29, 1.82) is 5.41 Å². The molecule has 10 heteroatoms. The highest BCUT2D eigenvalue weighted by Gasteiger charge is 2.38. The number of carbonyl (C=O) groups is 3. The van der Waals surface area contributed by atoms with Crippen LogP contribution in [0.25, 0.3) is 16.6 Å². The van der Waals surface area contributed by atoms with Gasteiger partial charge in [0.05, 0.1) is 24.2 Å². The summed E-state index contributed by atoms with van der Waals surface area (Å²) in [5.74, 6) is 0.338. The fourth-order valence-corrected chi connectivity index (χ4v) is 5.94. The van der Waals surface area contributed by atoms with Gasteiger partial charge in [-0.2, -0.15) is 0 Å². The lowest BCUT2D eigenvalue weighted by Gasteiger charge is -2.33. The number of likely N-dealkylation sites (tertiary alicyclic amines) is 1. The quantitative estimate of drug-likeness (QED) is 0.225. The largest absolute Gasteiger partial charge is 0.444 e. The number of benzene rings is 2. The van der Waals surface area contributed by atoms with E-state index in [1.807, 2.05) is 39.1 Å². The first-order valence-corrected chi connectivity index (χ1v) is 15.0. The smallest absolute Gasteiger partial charge is 0.410 e. The Hall–Kier alpha value is -4.47. The standard InChI is InChI=1S/C33H41N6O4/c1-6-37-27-13-12-22(23(19-34)20-35-24-14-16-36(17-15-24)32(42)43-33(3,4)5)18-28(27)38(7-2)29(37)21-39-30(40)25-10-8-9-11-26(25)31(39)41/h8-13,18-20,24,34-35H,6-7,14-17,21H2,1-5H3/q+1/b23-20+,34-19?. The van der Waals surface area contributed by atoms with Gasteiger partial charge < -0.3 is 20.4 Å². The number of imidazole rings is 1. The molecule has 0 unspecified atom stereocenters.